The Balaban J connectivity index is 0.000000555. The summed E-state index contributed by atoms with van der Waals surface area (Å²) in [6.45, 7) is 4.15. The van der Waals surface area contributed by atoms with Crippen LogP contribution in [0, 0.1) is 0 Å². The molecule has 4 rings (SSSR count). The highest BCUT2D eigenvalue weighted by molar-refractivity contribution is 7.92. The fourth-order valence-corrected chi connectivity index (χ4v) is 5.55. The second-order valence-electron chi connectivity index (χ2n) is 9.82. The molecular weight excluding hydrogens is 503 g/mol. The van der Waals surface area contributed by atoms with Crippen molar-refractivity contribution >= 4 is 21.6 Å². The van der Waals surface area contributed by atoms with Crippen molar-refractivity contribution in [3.05, 3.63) is 59.2 Å². The van der Waals surface area contributed by atoms with Crippen LogP contribution in [-0.4, -0.2) is 38.0 Å². The van der Waals surface area contributed by atoms with E-state index in [1.807, 2.05) is 26.0 Å². The standard InChI is InChI=1S/C21H24F3N3O3S.C6H12/c1-14(2)25-12-16-5-3-4-6-19(16)26-31(29,30)18-8-7-17-13-27(10-9-15(17)11-18)20(28)21(22,23)24;1-2-4-6-5-3-1/h3-8,11,14,25-26H,9-10,12-13H2,1-2H3;1-6H2. The molecule has 0 spiro atoms. The molecule has 6 nitrogen and oxygen atoms in total. The van der Waals surface area contributed by atoms with Gasteiger partial charge in [0.1, 0.15) is 0 Å². The van der Waals surface area contributed by atoms with Crippen LogP contribution in [0.15, 0.2) is 47.4 Å². The van der Waals surface area contributed by atoms with E-state index in [0.717, 1.165) is 10.5 Å². The van der Waals surface area contributed by atoms with Crippen LogP contribution in [0.4, 0.5) is 18.9 Å². The number of para-hydroxylation sites is 1. The number of carbonyl (C=O) groups excluding carboxylic acids is 1. The molecular formula is C27H36F3N3O3S. The van der Waals surface area contributed by atoms with Crippen LogP contribution in [0.25, 0.3) is 0 Å². The van der Waals surface area contributed by atoms with Crippen LogP contribution in [0.5, 0.6) is 0 Å². The second kappa shape index (κ2) is 12.8. The van der Waals surface area contributed by atoms with Crippen LogP contribution in [-0.2, 0) is 34.3 Å². The molecule has 1 fully saturated rings. The Hall–Kier alpha value is -2.59. The van der Waals surface area contributed by atoms with Gasteiger partial charge in [0.05, 0.1) is 10.6 Å². The number of hydrogen-bond acceptors (Lipinski definition) is 4. The Morgan fingerprint density at radius 1 is 0.973 bits per heavy atom. The second-order valence-corrected chi connectivity index (χ2v) is 11.5. The Morgan fingerprint density at radius 2 is 1.59 bits per heavy atom. The number of anilines is 1. The number of alkyl halides is 3. The highest BCUT2D eigenvalue weighted by atomic mass is 32.2. The molecule has 2 N–H and O–H groups in total. The highest BCUT2D eigenvalue weighted by Gasteiger charge is 2.43. The molecule has 1 amide bonds. The predicted molar refractivity (Wildman–Crippen MR) is 139 cm³/mol. The molecule has 1 aliphatic carbocycles. The number of sulfonamides is 1. The van der Waals surface area contributed by atoms with E-state index in [9.17, 15) is 26.4 Å². The van der Waals surface area contributed by atoms with E-state index in [-0.39, 0.29) is 30.4 Å². The number of carbonyl (C=O) groups is 1. The molecule has 0 saturated heterocycles. The summed E-state index contributed by atoms with van der Waals surface area (Å²) in [5.74, 6) is -1.89. The smallest absolute Gasteiger partial charge is 0.330 e. The lowest BCUT2D eigenvalue weighted by Crippen LogP contribution is -2.43. The average Bonchev–Trinajstić information content (AvgIpc) is 2.87. The molecule has 2 aromatic carbocycles. The van der Waals surface area contributed by atoms with Crippen molar-refractivity contribution < 1.29 is 26.4 Å². The van der Waals surface area contributed by atoms with Crippen molar-refractivity contribution in [2.24, 2.45) is 0 Å². The molecule has 0 unspecified atom stereocenters. The zero-order chi connectivity index (χ0) is 27.1. The lowest BCUT2D eigenvalue weighted by Gasteiger charge is -2.29. The molecule has 0 aromatic heterocycles. The van der Waals surface area contributed by atoms with Gasteiger partial charge in [-0.05, 0) is 41.3 Å². The van der Waals surface area contributed by atoms with Crippen molar-refractivity contribution in [3.8, 4) is 0 Å². The molecule has 10 heteroatoms. The van der Waals surface area contributed by atoms with Crippen molar-refractivity contribution in [2.45, 2.75) is 89.0 Å². The van der Waals surface area contributed by atoms with Crippen molar-refractivity contribution in [1.82, 2.24) is 10.2 Å². The lowest BCUT2D eigenvalue weighted by molar-refractivity contribution is -0.186. The van der Waals surface area contributed by atoms with Gasteiger partial charge in [-0.1, -0.05) is 76.6 Å². The maximum atomic E-state index is 12.9. The van der Waals surface area contributed by atoms with Gasteiger partial charge >= 0.3 is 12.1 Å². The van der Waals surface area contributed by atoms with Gasteiger partial charge in [0.2, 0.25) is 0 Å². The minimum Gasteiger partial charge on any atom is -0.330 e. The summed E-state index contributed by atoms with van der Waals surface area (Å²) in [5.41, 5.74) is 2.36. The number of benzene rings is 2. The van der Waals surface area contributed by atoms with Crippen molar-refractivity contribution in [2.75, 3.05) is 11.3 Å². The van der Waals surface area contributed by atoms with E-state index in [1.54, 1.807) is 12.1 Å². The largest absolute Gasteiger partial charge is 0.471 e. The predicted octanol–water partition coefficient (Wildman–Crippen LogP) is 5.77. The molecule has 2 aliphatic rings. The maximum absolute atomic E-state index is 12.9. The Bertz CT molecular complexity index is 1150. The van der Waals surface area contributed by atoms with Crippen LogP contribution in [0.1, 0.15) is 69.1 Å². The number of amides is 1. The molecule has 37 heavy (non-hydrogen) atoms. The fourth-order valence-electron chi connectivity index (χ4n) is 4.40. The van der Waals surface area contributed by atoms with Crippen LogP contribution >= 0.6 is 0 Å². The van der Waals surface area contributed by atoms with Crippen molar-refractivity contribution in [3.63, 3.8) is 0 Å². The third-order valence-electron chi connectivity index (χ3n) is 6.49. The van der Waals surface area contributed by atoms with Gasteiger partial charge in [0.25, 0.3) is 10.0 Å². The first-order valence-electron chi connectivity index (χ1n) is 12.8. The van der Waals surface area contributed by atoms with Gasteiger partial charge in [-0.15, -0.1) is 0 Å². The normalized spacial score (nSPS) is 16.0. The van der Waals surface area contributed by atoms with E-state index >= 15 is 0 Å². The van der Waals surface area contributed by atoms with Gasteiger partial charge in [0, 0.05) is 25.7 Å². The van der Waals surface area contributed by atoms with E-state index in [4.69, 9.17) is 0 Å². The summed E-state index contributed by atoms with van der Waals surface area (Å²) >= 11 is 0. The first-order chi connectivity index (χ1) is 17.5. The van der Waals surface area contributed by atoms with E-state index in [1.165, 1.54) is 56.7 Å². The van der Waals surface area contributed by atoms with Crippen LogP contribution < -0.4 is 10.0 Å². The third-order valence-corrected chi connectivity index (χ3v) is 7.86. The number of nitrogens with one attached hydrogen (secondary N) is 2. The summed E-state index contributed by atoms with van der Waals surface area (Å²) < 4.78 is 66.5. The molecule has 0 atom stereocenters. The van der Waals surface area contributed by atoms with Gasteiger partial charge in [-0.25, -0.2) is 8.42 Å². The highest BCUT2D eigenvalue weighted by Crippen LogP contribution is 2.28. The topological polar surface area (TPSA) is 78.5 Å². The SMILES string of the molecule is C1CCCCC1.CC(C)NCc1ccccc1NS(=O)(=O)c1ccc2c(c1)CCN(C(=O)C(F)(F)F)C2. The zero-order valence-electron chi connectivity index (χ0n) is 21.4. The van der Waals surface area contributed by atoms with Gasteiger partial charge in [-0.2, -0.15) is 13.2 Å². The van der Waals surface area contributed by atoms with Crippen molar-refractivity contribution in [1.29, 1.82) is 0 Å². The number of hydrogen-bond donors (Lipinski definition) is 2. The first kappa shape index (κ1) is 29.0. The quantitative estimate of drug-likeness (QED) is 0.488. The third kappa shape index (κ3) is 8.46. The van der Waals surface area contributed by atoms with Gasteiger partial charge < -0.3 is 10.2 Å². The van der Waals surface area contributed by atoms with E-state index in [2.05, 4.69) is 10.0 Å². The molecule has 1 aliphatic heterocycles. The van der Waals surface area contributed by atoms with Crippen LogP contribution in [0.2, 0.25) is 0 Å². The number of rotatable bonds is 6. The molecule has 204 valence electrons. The monoisotopic (exact) mass is 539 g/mol. The zero-order valence-corrected chi connectivity index (χ0v) is 22.2. The maximum Gasteiger partial charge on any atom is 0.471 e. The Labute approximate surface area is 217 Å². The number of nitrogens with zero attached hydrogens (tertiary/aromatic N) is 1. The molecule has 0 radical (unpaired) electrons. The van der Waals surface area contributed by atoms with Gasteiger partial charge in [0.15, 0.2) is 0 Å². The number of fused-ring (bicyclic) bond motifs is 1. The minimum atomic E-state index is -4.93. The molecule has 0 bridgehead atoms. The Morgan fingerprint density at radius 3 is 2.19 bits per heavy atom. The summed E-state index contributed by atoms with van der Waals surface area (Å²) in [7, 11) is -3.90. The minimum absolute atomic E-state index is 0.0217. The van der Waals surface area contributed by atoms with Crippen LogP contribution in [0.3, 0.4) is 0 Å². The summed E-state index contributed by atoms with van der Waals surface area (Å²) in [5, 5.41) is 3.25. The fraction of sp³-hybridized carbons (Fsp3) is 0.519. The lowest BCUT2D eigenvalue weighted by atomic mass is 10.00. The molecule has 1 heterocycles. The summed E-state index contributed by atoms with van der Waals surface area (Å²) in [4.78, 5) is 12.2. The summed E-state index contributed by atoms with van der Waals surface area (Å²) in [6.07, 6.45) is 4.22. The summed E-state index contributed by atoms with van der Waals surface area (Å²) in [6, 6.07) is 11.6. The van der Waals surface area contributed by atoms with Gasteiger partial charge in [-0.3, -0.25) is 9.52 Å². The average molecular weight is 540 g/mol. The Kier molecular flexibility index (Phi) is 10.0. The molecule has 2 aromatic rings. The molecule has 1 saturated carbocycles. The van der Waals surface area contributed by atoms with E-state index < -0.39 is 22.1 Å². The van der Waals surface area contributed by atoms with E-state index in [0.29, 0.717) is 23.4 Å². The first-order valence-corrected chi connectivity index (χ1v) is 14.3. The number of halogens is 3.